The van der Waals surface area contributed by atoms with Gasteiger partial charge < -0.3 is 19.9 Å². The third-order valence-electron chi connectivity index (χ3n) is 5.23. The zero-order chi connectivity index (χ0) is 23.8. The van der Waals surface area contributed by atoms with E-state index in [4.69, 9.17) is 4.74 Å². The molecule has 1 aromatic heterocycles. The molecule has 0 fully saturated rings. The molecule has 0 aliphatic rings. The summed E-state index contributed by atoms with van der Waals surface area (Å²) in [7, 11) is 3.43. The van der Waals surface area contributed by atoms with Crippen LogP contribution in [0.15, 0.2) is 47.6 Å². The van der Waals surface area contributed by atoms with E-state index in [1.165, 1.54) is 11.8 Å². The summed E-state index contributed by atoms with van der Waals surface area (Å²) in [5.41, 5.74) is 3.93. The molecule has 0 unspecified atom stereocenters. The predicted molar refractivity (Wildman–Crippen MR) is 129 cm³/mol. The standard InChI is InChI=1S/C24H29N5O3S/c1-5-18-8-6-7-16(2)23(18)26-22(31)15-33-24-28-27-20(29(24)3)14-25-21(30)13-17-9-11-19(32-4)12-10-17/h6-12H,5,13-15H2,1-4H3,(H,25,30)(H,26,31). The first kappa shape index (κ1) is 24.3. The van der Waals surface area contributed by atoms with Gasteiger partial charge in [0.1, 0.15) is 5.75 Å². The number of carbonyl (C=O) groups excluding carboxylic acids is 2. The summed E-state index contributed by atoms with van der Waals surface area (Å²) in [5, 5.41) is 14.8. The molecule has 8 nitrogen and oxygen atoms in total. The third kappa shape index (κ3) is 6.58. The van der Waals surface area contributed by atoms with Crippen molar-refractivity contribution in [3.05, 3.63) is 65.0 Å². The Bertz CT molecular complexity index is 1110. The Morgan fingerprint density at radius 2 is 1.85 bits per heavy atom. The van der Waals surface area contributed by atoms with E-state index in [0.29, 0.717) is 11.0 Å². The van der Waals surface area contributed by atoms with Crippen LogP contribution in [0.5, 0.6) is 5.75 Å². The predicted octanol–water partition coefficient (Wildman–Crippen LogP) is 3.28. The van der Waals surface area contributed by atoms with E-state index in [0.717, 1.165) is 34.5 Å². The van der Waals surface area contributed by atoms with Crippen molar-refractivity contribution in [2.45, 2.75) is 38.4 Å². The van der Waals surface area contributed by atoms with Crippen LogP contribution in [0.1, 0.15) is 29.4 Å². The monoisotopic (exact) mass is 467 g/mol. The van der Waals surface area contributed by atoms with Gasteiger partial charge in [-0.2, -0.15) is 0 Å². The fourth-order valence-corrected chi connectivity index (χ4v) is 4.03. The van der Waals surface area contributed by atoms with E-state index < -0.39 is 0 Å². The minimum atomic E-state index is -0.110. The molecule has 1 heterocycles. The Morgan fingerprint density at radius 3 is 2.55 bits per heavy atom. The summed E-state index contributed by atoms with van der Waals surface area (Å²) in [4.78, 5) is 24.8. The third-order valence-corrected chi connectivity index (χ3v) is 6.25. The van der Waals surface area contributed by atoms with Gasteiger partial charge in [-0.1, -0.05) is 49.0 Å². The van der Waals surface area contributed by atoms with Crippen LogP contribution >= 0.6 is 11.8 Å². The van der Waals surface area contributed by atoms with E-state index >= 15 is 0 Å². The summed E-state index contributed by atoms with van der Waals surface area (Å²) in [6.07, 6.45) is 1.11. The molecule has 33 heavy (non-hydrogen) atoms. The summed E-state index contributed by atoms with van der Waals surface area (Å²) in [5.74, 6) is 1.38. The molecule has 0 bridgehead atoms. The van der Waals surface area contributed by atoms with E-state index in [9.17, 15) is 9.59 Å². The minimum absolute atomic E-state index is 0.0960. The van der Waals surface area contributed by atoms with Crippen LogP contribution in [0.3, 0.4) is 0 Å². The maximum atomic E-state index is 12.5. The molecule has 174 valence electrons. The first-order chi connectivity index (χ1) is 15.9. The molecule has 2 N–H and O–H groups in total. The van der Waals surface area contributed by atoms with E-state index in [2.05, 4.69) is 27.8 Å². The summed E-state index contributed by atoms with van der Waals surface area (Å²) >= 11 is 1.31. The maximum absolute atomic E-state index is 12.5. The molecule has 0 saturated heterocycles. The number of anilines is 1. The average Bonchev–Trinajstić information content (AvgIpc) is 3.17. The summed E-state index contributed by atoms with van der Waals surface area (Å²) < 4.78 is 6.92. The molecular weight excluding hydrogens is 438 g/mol. The number of nitrogens with one attached hydrogen (secondary N) is 2. The number of aromatic nitrogens is 3. The number of hydrogen-bond acceptors (Lipinski definition) is 6. The van der Waals surface area contributed by atoms with Gasteiger partial charge in [0, 0.05) is 12.7 Å². The van der Waals surface area contributed by atoms with Crippen molar-refractivity contribution < 1.29 is 14.3 Å². The van der Waals surface area contributed by atoms with Crippen molar-refractivity contribution in [1.29, 1.82) is 0 Å². The zero-order valence-electron chi connectivity index (χ0n) is 19.3. The number of amides is 2. The number of para-hydroxylation sites is 1. The molecule has 0 radical (unpaired) electrons. The number of methoxy groups -OCH3 is 1. The summed E-state index contributed by atoms with van der Waals surface area (Å²) in [6.45, 7) is 4.31. The van der Waals surface area contributed by atoms with Crippen molar-refractivity contribution in [3.8, 4) is 5.75 Å². The largest absolute Gasteiger partial charge is 0.497 e. The van der Waals surface area contributed by atoms with Crippen LogP contribution < -0.4 is 15.4 Å². The van der Waals surface area contributed by atoms with Crippen molar-refractivity contribution >= 4 is 29.3 Å². The fraction of sp³-hybridized carbons (Fsp3) is 0.333. The lowest BCUT2D eigenvalue weighted by Gasteiger charge is -2.12. The van der Waals surface area contributed by atoms with Gasteiger partial charge in [-0.15, -0.1) is 10.2 Å². The van der Waals surface area contributed by atoms with Crippen LogP contribution in [0.2, 0.25) is 0 Å². The average molecular weight is 468 g/mol. The Hall–Kier alpha value is -3.33. The number of hydrogen-bond donors (Lipinski definition) is 2. The Kier molecular flexibility index (Phi) is 8.48. The number of thioether (sulfide) groups is 1. The second kappa shape index (κ2) is 11.5. The number of rotatable bonds is 10. The second-order valence-electron chi connectivity index (χ2n) is 7.56. The summed E-state index contributed by atoms with van der Waals surface area (Å²) in [6, 6.07) is 13.4. The first-order valence-electron chi connectivity index (χ1n) is 10.7. The molecule has 2 aromatic carbocycles. The second-order valence-corrected chi connectivity index (χ2v) is 8.50. The first-order valence-corrected chi connectivity index (χ1v) is 11.7. The molecular formula is C24H29N5O3S. The molecule has 0 atom stereocenters. The van der Waals surface area contributed by atoms with Gasteiger partial charge in [-0.05, 0) is 42.2 Å². The van der Waals surface area contributed by atoms with Gasteiger partial charge in [0.2, 0.25) is 11.8 Å². The Morgan fingerprint density at radius 1 is 1.09 bits per heavy atom. The van der Waals surface area contributed by atoms with Gasteiger partial charge >= 0.3 is 0 Å². The highest BCUT2D eigenvalue weighted by Gasteiger charge is 2.14. The lowest BCUT2D eigenvalue weighted by Crippen LogP contribution is -2.26. The van der Waals surface area contributed by atoms with Crippen LogP contribution in [0.25, 0.3) is 0 Å². The van der Waals surface area contributed by atoms with E-state index in [1.807, 2.05) is 56.4 Å². The van der Waals surface area contributed by atoms with Gasteiger partial charge in [-0.25, -0.2) is 0 Å². The molecule has 0 spiro atoms. The van der Waals surface area contributed by atoms with Crippen molar-refractivity contribution in [1.82, 2.24) is 20.1 Å². The van der Waals surface area contributed by atoms with E-state index in [-0.39, 0.29) is 30.5 Å². The van der Waals surface area contributed by atoms with Crippen LogP contribution in [-0.2, 0) is 36.0 Å². The number of benzene rings is 2. The highest BCUT2D eigenvalue weighted by atomic mass is 32.2. The maximum Gasteiger partial charge on any atom is 0.234 e. The highest BCUT2D eigenvalue weighted by Crippen LogP contribution is 2.22. The Labute approximate surface area is 198 Å². The molecule has 0 aliphatic carbocycles. The van der Waals surface area contributed by atoms with Crippen LogP contribution in [0, 0.1) is 6.92 Å². The molecule has 2 amide bonds. The minimum Gasteiger partial charge on any atom is -0.497 e. The van der Waals surface area contributed by atoms with Crippen LogP contribution in [0.4, 0.5) is 5.69 Å². The normalized spacial score (nSPS) is 10.7. The van der Waals surface area contributed by atoms with Gasteiger partial charge in [-0.3, -0.25) is 9.59 Å². The Balaban J connectivity index is 1.50. The number of aryl methyl sites for hydroxylation is 2. The molecule has 9 heteroatoms. The SMILES string of the molecule is CCc1cccc(C)c1NC(=O)CSc1nnc(CNC(=O)Cc2ccc(OC)cc2)n1C. The topological polar surface area (TPSA) is 98.1 Å². The number of ether oxygens (including phenoxy) is 1. The van der Waals surface area contributed by atoms with Crippen molar-refractivity contribution in [3.63, 3.8) is 0 Å². The quantitative estimate of drug-likeness (QED) is 0.444. The van der Waals surface area contributed by atoms with Crippen LogP contribution in [-0.4, -0.2) is 39.4 Å². The molecule has 0 aliphatic heterocycles. The molecule has 0 saturated carbocycles. The highest BCUT2D eigenvalue weighted by molar-refractivity contribution is 7.99. The number of carbonyl (C=O) groups is 2. The number of nitrogens with zero attached hydrogens (tertiary/aromatic N) is 3. The zero-order valence-corrected chi connectivity index (χ0v) is 20.2. The van der Waals surface area contributed by atoms with Gasteiger partial charge in [0.25, 0.3) is 0 Å². The smallest absolute Gasteiger partial charge is 0.234 e. The van der Waals surface area contributed by atoms with Crippen molar-refractivity contribution in [2.24, 2.45) is 7.05 Å². The molecule has 3 rings (SSSR count). The molecule has 3 aromatic rings. The lowest BCUT2D eigenvalue weighted by molar-refractivity contribution is -0.120. The fourth-order valence-electron chi connectivity index (χ4n) is 3.30. The van der Waals surface area contributed by atoms with E-state index in [1.54, 1.807) is 11.7 Å². The lowest BCUT2D eigenvalue weighted by atomic mass is 10.1. The van der Waals surface area contributed by atoms with Gasteiger partial charge in [0.05, 0.1) is 25.8 Å². The van der Waals surface area contributed by atoms with Crippen molar-refractivity contribution in [2.75, 3.05) is 18.2 Å². The van der Waals surface area contributed by atoms with Gasteiger partial charge in [0.15, 0.2) is 11.0 Å².